The van der Waals surface area contributed by atoms with E-state index in [-0.39, 0.29) is 35.3 Å². The van der Waals surface area contributed by atoms with Crippen LogP contribution in [0.1, 0.15) is 11.1 Å². The van der Waals surface area contributed by atoms with Crippen LogP contribution in [0.15, 0.2) is 41.3 Å². The molecule has 0 saturated carbocycles. The van der Waals surface area contributed by atoms with Gasteiger partial charge in [0.2, 0.25) is 10.0 Å². The third-order valence-corrected chi connectivity index (χ3v) is 4.92. The van der Waals surface area contributed by atoms with Crippen molar-refractivity contribution in [1.29, 1.82) is 0 Å². The minimum atomic E-state index is -3.96. The third kappa shape index (κ3) is 3.78. The lowest BCUT2D eigenvalue weighted by Crippen LogP contribution is -2.37. The summed E-state index contributed by atoms with van der Waals surface area (Å²) in [4.78, 5) is 12.1. The molecule has 3 rings (SSSR count). The molecule has 3 N–H and O–H groups in total. The molecule has 7 nitrogen and oxygen atoms in total. The van der Waals surface area contributed by atoms with Crippen molar-refractivity contribution in [3.05, 3.63) is 53.3 Å². The first-order valence-electron chi connectivity index (χ1n) is 7.70. The number of nitrogens with one attached hydrogen (secondary N) is 1. The summed E-state index contributed by atoms with van der Waals surface area (Å²) in [5.41, 5.74) is 1.16. The van der Waals surface area contributed by atoms with Crippen molar-refractivity contribution in [2.75, 3.05) is 7.11 Å². The number of ether oxygens (including phenoxy) is 2. The Hall–Kier alpha value is -2.65. The molecular weight excluding hydrogens is 363 g/mol. The maximum atomic E-state index is 13.2. The van der Waals surface area contributed by atoms with Gasteiger partial charge in [-0.15, -0.1) is 0 Å². The number of carbonyl (C=O) groups excluding carboxylic acids is 1. The molecule has 0 aliphatic carbocycles. The van der Waals surface area contributed by atoms with Crippen LogP contribution in [0.3, 0.4) is 0 Å². The van der Waals surface area contributed by atoms with Gasteiger partial charge in [-0.25, -0.2) is 17.9 Å². The Labute approximate surface area is 150 Å². The Kier molecular flexibility index (Phi) is 4.84. The maximum Gasteiger partial charge on any atom is 0.261 e. The van der Waals surface area contributed by atoms with Gasteiger partial charge in [-0.2, -0.15) is 0 Å². The molecule has 1 heterocycles. The second-order valence-electron chi connectivity index (χ2n) is 5.81. The van der Waals surface area contributed by atoms with E-state index in [1.54, 1.807) is 6.07 Å². The van der Waals surface area contributed by atoms with Crippen molar-refractivity contribution in [1.82, 2.24) is 5.32 Å². The van der Waals surface area contributed by atoms with Crippen LogP contribution in [0.4, 0.5) is 4.39 Å². The van der Waals surface area contributed by atoms with E-state index in [4.69, 9.17) is 14.6 Å². The van der Waals surface area contributed by atoms with Gasteiger partial charge in [0.15, 0.2) is 6.10 Å². The molecule has 0 bridgehead atoms. The van der Waals surface area contributed by atoms with Crippen molar-refractivity contribution in [3.63, 3.8) is 0 Å². The van der Waals surface area contributed by atoms with E-state index in [1.165, 1.54) is 37.4 Å². The number of fused-ring (bicyclic) bond motifs is 1. The number of sulfonamides is 1. The predicted molar refractivity (Wildman–Crippen MR) is 90.7 cm³/mol. The van der Waals surface area contributed by atoms with Crippen LogP contribution in [-0.2, 0) is 27.8 Å². The van der Waals surface area contributed by atoms with Gasteiger partial charge in [-0.05, 0) is 35.9 Å². The van der Waals surface area contributed by atoms with Gasteiger partial charge in [0.05, 0.1) is 7.11 Å². The topological polar surface area (TPSA) is 108 Å². The molecule has 1 amide bonds. The number of hydrogen-bond donors (Lipinski definition) is 2. The summed E-state index contributed by atoms with van der Waals surface area (Å²) in [6, 6.07) is 8.52. The van der Waals surface area contributed by atoms with E-state index in [2.05, 4.69) is 5.32 Å². The number of amides is 1. The van der Waals surface area contributed by atoms with Gasteiger partial charge >= 0.3 is 0 Å². The van der Waals surface area contributed by atoms with Crippen molar-refractivity contribution in [3.8, 4) is 11.5 Å². The second-order valence-corrected chi connectivity index (χ2v) is 7.34. The van der Waals surface area contributed by atoms with Crippen LogP contribution < -0.4 is 19.9 Å². The summed E-state index contributed by atoms with van der Waals surface area (Å²) in [5, 5.41) is 7.85. The third-order valence-electron chi connectivity index (χ3n) is 3.99. The highest BCUT2D eigenvalue weighted by Gasteiger charge is 2.29. The quantitative estimate of drug-likeness (QED) is 0.808. The van der Waals surface area contributed by atoms with Crippen LogP contribution in [-0.4, -0.2) is 27.5 Å². The van der Waals surface area contributed by atoms with Gasteiger partial charge in [0.25, 0.3) is 5.91 Å². The molecule has 0 fully saturated rings. The normalized spacial score (nSPS) is 15.9. The Morgan fingerprint density at radius 3 is 2.81 bits per heavy atom. The van der Waals surface area contributed by atoms with Crippen LogP contribution in [0.25, 0.3) is 0 Å². The van der Waals surface area contributed by atoms with Gasteiger partial charge in [-0.3, -0.25) is 4.79 Å². The van der Waals surface area contributed by atoms with Gasteiger partial charge in [0.1, 0.15) is 22.2 Å². The Balaban J connectivity index is 1.67. The minimum Gasteiger partial charge on any atom is -0.495 e. The largest absolute Gasteiger partial charge is 0.495 e. The van der Waals surface area contributed by atoms with E-state index in [0.29, 0.717) is 16.9 Å². The molecule has 2 aromatic rings. The zero-order valence-corrected chi connectivity index (χ0v) is 14.7. The summed E-state index contributed by atoms with van der Waals surface area (Å²) in [5.74, 6) is -0.163. The van der Waals surface area contributed by atoms with E-state index in [9.17, 15) is 17.6 Å². The van der Waals surface area contributed by atoms with Crippen LogP contribution in [0.2, 0.25) is 0 Å². The lowest BCUT2D eigenvalue weighted by Gasteiger charge is -2.13. The molecule has 1 aliphatic rings. The highest BCUT2D eigenvalue weighted by Crippen LogP contribution is 2.29. The number of rotatable bonds is 5. The summed E-state index contributed by atoms with van der Waals surface area (Å²) in [6.45, 7) is 0.0793. The molecule has 0 aromatic heterocycles. The average molecular weight is 380 g/mol. The first-order chi connectivity index (χ1) is 12.3. The molecule has 9 heteroatoms. The molecule has 26 heavy (non-hydrogen) atoms. The molecule has 1 unspecified atom stereocenters. The van der Waals surface area contributed by atoms with Gasteiger partial charge in [-0.1, -0.05) is 6.07 Å². The number of methoxy groups -OCH3 is 1. The molecule has 1 aliphatic heterocycles. The van der Waals surface area contributed by atoms with Crippen LogP contribution in [0.5, 0.6) is 11.5 Å². The number of nitrogens with two attached hydrogens (primary N) is 1. The average Bonchev–Trinajstić information content (AvgIpc) is 3.01. The van der Waals surface area contributed by atoms with Crippen molar-refractivity contribution < 1.29 is 27.1 Å². The second kappa shape index (κ2) is 6.93. The molecular formula is C17H17FN2O5S. The fraction of sp³-hybridized carbons (Fsp3) is 0.235. The molecule has 0 spiro atoms. The lowest BCUT2D eigenvalue weighted by atomic mass is 10.1. The number of hydrogen-bond acceptors (Lipinski definition) is 5. The van der Waals surface area contributed by atoms with E-state index >= 15 is 0 Å². The molecule has 138 valence electrons. The maximum absolute atomic E-state index is 13.2. The van der Waals surface area contributed by atoms with Crippen molar-refractivity contribution in [2.45, 2.75) is 24.0 Å². The van der Waals surface area contributed by atoms with Crippen molar-refractivity contribution in [2.24, 2.45) is 5.14 Å². The molecule has 2 aromatic carbocycles. The molecule has 0 saturated heterocycles. The standard InChI is InChI=1S/C17H17FN2O5S/c1-24-14-4-2-10(6-16(14)26(19,22)23)9-20-17(21)15-8-11-7-12(18)3-5-13(11)25-15/h2-7,15H,8-9H2,1H3,(H,20,21)(H2,19,22,23). The van der Waals surface area contributed by atoms with Crippen molar-refractivity contribution >= 4 is 15.9 Å². The highest BCUT2D eigenvalue weighted by molar-refractivity contribution is 7.89. The first kappa shape index (κ1) is 18.2. The Morgan fingerprint density at radius 1 is 1.35 bits per heavy atom. The van der Waals surface area contributed by atoms with E-state index < -0.39 is 16.1 Å². The van der Waals surface area contributed by atoms with E-state index in [1.807, 2.05) is 0 Å². The number of benzene rings is 2. The zero-order chi connectivity index (χ0) is 18.9. The highest BCUT2D eigenvalue weighted by atomic mass is 32.2. The zero-order valence-electron chi connectivity index (χ0n) is 13.9. The summed E-state index contributed by atoms with van der Waals surface area (Å²) >= 11 is 0. The summed E-state index contributed by atoms with van der Waals surface area (Å²) in [6.07, 6.45) is -0.494. The molecule has 0 radical (unpaired) electrons. The first-order valence-corrected chi connectivity index (χ1v) is 9.25. The fourth-order valence-corrected chi connectivity index (χ4v) is 3.47. The summed E-state index contributed by atoms with van der Waals surface area (Å²) < 4.78 is 47.0. The summed E-state index contributed by atoms with van der Waals surface area (Å²) in [7, 11) is -2.62. The number of carbonyl (C=O) groups is 1. The smallest absolute Gasteiger partial charge is 0.261 e. The minimum absolute atomic E-state index is 0.0793. The van der Waals surface area contributed by atoms with Crippen LogP contribution >= 0.6 is 0 Å². The predicted octanol–water partition coefficient (Wildman–Crippen LogP) is 1.10. The Bertz CT molecular complexity index is 962. The number of primary sulfonamides is 1. The Morgan fingerprint density at radius 2 is 2.12 bits per heavy atom. The van der Waals surface area contributed by atoms with E-state index in [0.717, 1.165) is 0 Å². The van der Waals surface area contributed by atoms with Gasteiger partial charge < -0.3 is 14.8 Å². The monoisotopic (exact) mass is 380 g/mol. The fourth-order valence-electron chi connectivity index (χ4n) is 2.72. The lowest BCUT2D eigenvalue weighted by molar-refractivity contribution is -0.127. The molecule has 1 atom stereocenters. The SMILES string of the molecule is COc1ccc(CNC(=O)C2Cc3cc(F)ccc3O2)cc1S(N)(=O)=O. The van der Waals surface area contributed by atoms with Crippen LogP contribution in [0, 0.1) is 5.82 Å². The van der Waals surface area contributed by atoms with Gasteiger partial charge in [0, 0.05) is 18.5 Å². The number of halogens is 1.